The minimum absolute atomic E-state index is 0.00485. The van der Waals surface area contributed by atoms with Crippen LogP contribution >= 0.6 is 0 Å². The van der Waals surface area contributed by atoms with Crippen LogP contribution in [0.5, 0.6) is 0 Å². The van der Waals surface area contributed by atoms with E-state index >= 15 is 0 Å². The van der Waals surface area contributed by atoms with E-state index in [0.717, 1.165) is 0 Å². The Hall–Kier alpha value is -0.530. The van der Waals surface area contributed by atoms with Crippen molar-refractivity contribution in [1.82, 2.24) is 0 Å². The number of esters is 1. The van der Waals surface area contributed by atoms with Crippen LogP contribution < -0.4 is 0 Å². The van der Waals surface area contributed by atoms with Crippen LogP contribution in [-0.2, 0) is 9.53 Å². The molecule has 0 saturated heterocycles. The first kappa shape index (κ1) is 21.5. The highest BCUT2D eigenvalue weighted by Crippen LogP contribution is 2.19. The Kier molecular flexibility index (Phi) is 15.0. The van der Waals surface area contributed by atoms with Crippen LogP contribution in [0.1, 0.15) is 105 Å². The van der Waals surface area contributed by atoms with E-state index in [2.05, 4.69) is 13.8 Å². The van der Waals surface area contributed by atoms with Crippen LogP contribution in [0.2, 0.25) is 0 Å². The Morgan fingerprint density at radius 2 is 1.23 bits per heavy atom. The zero-order valence-electron chi connectivity index (χ0n) is 15.7. The van der Waals surface area contributed by atoms with E-state index < -0.39 is 0 Å². The molecule has 0 fully saturated rings. The SMILES string of the molecule is CCCCCCCC(CCCCCCC)COC(=O)C(C)C. The van der Waals surface area contributed by atoms with Gasteiger partial charge in [-0.3, -0.25) is 4.79 Å². The van der Waals surface area contributed by atoms with E-state index in [1.165, 1.54) is 77.0 Å². The average molecular weight is 313 g/mol. The molecule has 0 heterocycles. The van der Waals surface area contributed by atoms with Gasteiger partial charge in [-0.2, -0.15) is 0 Å². The molecule has 0 spiro atoms. The summed E-state index contributed by atoms with van der Waals surface area (Å²) in [5.41, 5.74) is 0. The van der Waals surface area contributed by atoms with Crippen molar-refractivity contribution in [1.29, 1.82) is 0 Å². The van der Waals surface area contributed by atoms with E-state index in [-0.39, 0.29) is 11.9 Å². The number of carbonyl (C=O) groups excluding carboxylic acids is 1. The Labute approximate surface area is 139 Å². The Morgan fingerprint density at radius 1 is 0.773 bits per heavy atom. The van der Waals surface area contributed by atoms with Gasteiger partial charge in [0, 0.05) is 0 Å². The normalized spacial score (nSPS) is 11.4. The molecule has 0 aliphatic heterocycles. The maximum atomic E-state index is 11.7. The van der Waals surface area contributed by atoms with E-state index in [9.17, 15) is 4.79 Å². The molecule has 0 radical (unpaired) electrons. The van der Waals surface area contributed by atoms with Crippen LogP contribution in [0.25, 0.3) is 0 Å². The fourth-order valence-electron chi connectivity index (χ4n) is 2.75. The number of unbranched alkanes of at least 4 members (excludes halogenated alkanes) is 8. The van der Waals surface area contributed by atoms with Gasteiger partial charge >= 0.3 is 5.97 Å². The van der Waals surface area contributed by atoms with Crippen LogP contribution in [0.4, 0.5) is 0 Å². The Morgan fingerprint density at radius 3 is 1.64 bits per heavy atom. The third kappa shape index (κ3) is 13.2. The van der Waals surface area contributed by atoms with Gasteiger partial charge < -0.3 is 4.74 Å². The van der Waals surface area contributed by atoms with Gasteiger partial charge in [0.05, 0.1) is 12.5 Å². The molecule has 0 aromatic heterocycles. The van der Waals surface area contributed by atoms with Crippen LogP contribution in [0, 0.1) is 11.8 Å². The standard InChI is InChI=1S/C20H40O2/c1-5-7-9-11-13-15-19(16-14-12-10-8-6-2)17-22-20(21)18(3)4/h18-19H,5-17H2,1-4H3. The number of hydrogen-bond donors (Lipinski definition) is 0. The zero-order chi connectivity index (χ0) is 16.6. The van der Waals surface area contributed by atoms with Crippen molar-refractivity contribution in [2.75, 3.05) is 6.61 Å². The predicted molar refractivity (Wildman–Crippen MR) is 96.0 cm³/mol. The summed E-state index contributed by atoms with van der Waals surface area (Å²) in [4.78, 5) is 11.7. The molecular formula is C20H40O2. The summed E-state index contributed by atoms with van der Waals surface area (Å²) in [6.45, 7) is 8.97. The van der Waals surface area contributed by atoms with Crippen molar-refractivity contribution in [3.63, 3.8) is 0 Å². The van der Waals surface area contributed by atoms with Crippen molar-refractivity contribution in [2.24, 2.45) is 11.8 Å². The van der Waals surface area contributed by atoms with Crippen LogP contribution in [0.15, 0.2) is 0 Å². The summed E-state index contributed by atoms with van der Waals surface area (Å²) in [5.74, 6) is 0.530. The number of carbonyl (C=O) groups is 1. The predicted octanol–water partition coefficient (Wildman–Crippen LogP) is 6.52. The molecule has 0 aromatic carbocycles. The molecule has 0 saturated carbocycles. The molecule has 0 amide bonds. The van der Waals surface area contributed by atoms with Gasteiger partial charge in [-0.1, -0.05) is 91.9 Å². The molecule has 2 nitrogen and oxygen atoms in total. The third-order valence-electron chi connectivity index (χ3n) is 4.36. The summed E-state index contributed by atoms with van der Waals surface area (Å²) in [6.07, 6.45) is 15.7. The van der Waals surface area contributed by atoms with Gasteiger partial charge in [-0.05, 0) is 18.8 Å². The third-order valence-corrected chi connectivity index (χ3v) is 4.36. The van der Waals surface area contributed by atoms with Crippen molar-refractivity contribution in [3.8, 4) is 0 Å². The fourth-order valence-corrected chi connectivity index (χ4v) is 2.75. The van der Waals surface area contributed by atoms with Crippen LogP contribution in [0.3, 0.4) is 0 Å². The lowest BCUT2D eigenvalue weighted by molar-refractivity contribution is -0.148. The number of rotatable bonds is 15. The summed E-state index contributed by atoms with van der Waals surface area (Å²) < 4.78 is 5.48. The molecular weight excluding hydrogens is 272 g/mol. The Bertz CT molecular complexity index is 234. The minimum atomic E-state index is -0.0398. The lowest BCUT2D eigenvalue weighted by atomic mass is 9.95. The smallest absolute Gasteiger partial charge is 0.308 e. The lowest BCUT2D eigenvalue weighted by Crippen LogP contribution is -2.18. The van der Waals surface area contributed by atoms with Gasteiger partial charge in [0.15, 0.2) is 0 Å². The van der Waals surface area contributed by atoms with E-state index in [1.54, 1.807) is 0 Å². The highest BCUT2D eigenvalue weighted by Gasteiger charge is 2.14. The molecule has 0 unspecified atom stereocenters. The second-order valence-electron chi connectivity index (χ2n) is 7.06. The Balaban J connectivity index is 3.94. The largest absolute Gasteiger partial charge is 0.465 e. The second kappa shape index (κ2) is 15.4. The second-order valence-corrected chi connectivity index (χ2v) is 7.06. The quantitative estimate of drug-likeness (QED) is 0.254. The van der Waals surface area contributed by atoms with Crippen molar-refractivity contribution in [3.05, 3.63) is 0 Å². The van der Waals surface area contributed by atoms with E-state index in [4.69, 9.17) is 4.74 Å². The topological polar surface area (TPSA) is 26.3 Å². The molecule has 0 bridgehead atoms. The van der Waals surface area contributed by atoms with Gasteiger partial charge in [-0.25, -0.2) is 0 Å². The highest BCUT2D eigenvalue weighted by molar-refractivity contribution is 5.71. The number of ether oxygens (including phenoxy) is 1. The summed E-state index contributed by atoms with van der Waals surface area (Å²) in [6, 6.07) is 0. The molecule has 0 N–H and O–H groups in total. The van der Waals surface area contributed by atoms with Crippen molar-refractivity contribution >= 4 is 5.97 Å². The molecule has 132 valence electrons. The van der Waals surface area contributed by atoms with E-state index in [0.29, 0.717) is 12.5 Å². The summed E-state index contributed by atoms with van der Waals surface area (Å²) in [5, 5.41) is 0. The molecule has 0 aliphatic rings. The first-order chi connectivity index (χ1) is 10.6. The lowest BCUT2D eigenvalue weighted by Gasteiger charge is -2.18. The van der Waals surface area contributed by atoms with Crippen LogP contribution in [-0.4, -0.2) is 12.6 Å². The molecule has 0 atom stereocenters. The number of hydrogen-bond acceptors (Lipinski definition) is 2. The van der Waals surface area contributed by atoms with Gasteiger partial charge in [0.1, 0.15) is 0 Å². The van der Waals surface area contributed by atoms with Gasteiger partial charge in [-0.15, -0.1) is 0 Å². The van der Waals surface area contributed by atoms with Gasteiger partial charge in [0.2, 0.25) is 0 Å². The monoisotopic (exact) mass is 312 g/mol. The maximum Gasteiger partial charge on any atom is 0.308 e. The molecule has 0 aromatic rings. The van der Waals surface area contributed by atoms with Crippen molar-refractivity contribution in [2.45, 2.75) is 105 Å². The molecule has 22 heavy (non-hydrogen) atoms. The zero-order valence-corrected chi connectivity index (χ0v) is 15.7. The molecule has 2 heteroatoms. The fraction of sp³-hybridized carbons (Fsp3) is 0.950. The molecule has 0 aliphatic carbocycles. The summed E-state index contributed by atoms with van der Waals surface area (Å²) >= 11 is 0. The minimum Gasteiger partial charge on any atom is -0.465 e. The first-order valence-corrected chi connectivity index (χ1v) is 9.78. The average Bonchev–Trinajstić information content (AvgIpc) is 2.50. The van der Waals surface area contributed by atoms with E-state index in [1.807, 2.05) is 13.8 Å². The van der Waals surface area contributed by atoms with Gasteiger partial charge in [0.25, 0.3) is 0 Å². The summed E-state index contributed by atoms with van der Waals surface area (Å²) in [7, 11) is 0. The van der Waals surface area contributed by atoms with Crippen molar-refractivity contribution < 1.29 is 9.53 Å². The molecule has 0 rings (SSSR count). The first-order valence-electron chi connectivity index (χ1n) is 9.78. The maximum absolute atomic E-state index is 11.7. The highest BCUT2D eigenvalue weighted by atomic mass is 16.5.